The van der Waals surface area contributed by atoms with Crippen LogP contribution in [0.1, 0.15) is 12.1 Å². The van der Waals surface area contributed by atoms with Gasteiger partial charge in [0.15, 0.2) is 0 Å². The number of para-hydroxylation sites is 2. The number of hydrogen-bond donors (Lipinski definition) is 2. The minimum absolute atomic E-state index is 0.0748. The number of esters is 1. The van der Waals surface area contributed by atoms with Crippen molar-refractivity contribution >= 4 is 22.9 Å². The molecule has 0 fully saturated rings. The number of benzene rings is 1. The number of aromatic amines is 1. The Kier molecular flexibility index (Phi) is 4.65. The molecule has 0 bridgehead atoms. The van der Waals surface area contributed by atoms with Crippen molar-refractivity contribution in [2.45, 2.75) is 12.8 Å². The number of ether oxygens (including phenoxy) is 1. The van der Waals surface area contributed by atoms with E-state index in [1.165, 1.54) is 7.11 Å². The largest absolute Gasteiger partial charge is 0.468 e. The average Bonchev–Trinajstić information content (AvgIpc) is 2.50. The van der Waals surface area contributed by atoms with Crippen molar-refractivity contribution in [3.8, 4) is 0 Å². The third-order valence-electron chi connectivity index (χ3n) is 2.92. The molecule has 1 amide bonds. The predicted octanol–water partition coefficient (Wildman–Crippen LogP) is 0.145. The van der Waals surface area contributed by atoms with Crippen molar-refractivity contribution in [1.82, 2.24) is 15.3 Å². The number of carbonyl (C=O) groups excluding carboxylic acids is 2. The lowest BCUT2D eigenvalue weighted by molar-refractivity contribution is -0.141. The highest BCUT2D eigenvalue weighted by Gasteiger charge is 2.09. The zero-order chi connectivity index (χ0) is 15.2. The Morgan fingerprint density at radius 1 is 1.33 bits per heavy atom. The SMILES string of the molecule is COC(=O)CNC(=O)CCc1nc2ccccc2[nH]c1=O. The Morgan fingerprint density at radius 3 is 2.86 bits per heavy atom. The molecule has 110 valence electrons. The quantitative estimate of drug-likeness (QED) is 0.763. The fraction of sp³-hybridized carbons (Fsp3) is 0.286. The van der Waals surface area contributed by atoms with Gasteiger partial charge in [-0.05, 0) is 12.1 Å². The first-order valence-electron chi connectivity index (χ1n) is 6.41. The van der Waals surface area contributed by atoms with Crippen molar-refractivity contribution < 1.29 is 14.3 Å². The van der Waals surface area contributed by atoms with Gasteiger partial charge in [0.1, 0.15) is 12.2 Å². The number of amides is 1. The second kappa shape index (κ2) is 6.65. The molecule has 0 aliphatic carbocycles. The van der Waals surface area contributed by atoms with E-state index in [0.717, 1.165) is 0 Å². The van der Waals surface area contributed by atoms with Crippen LogP contribution >= 0.6 is 0 Å². The number of carbonyl (C=O) groups is 2. The van der Waals surface area contributed by atoms with Crippen molar-refractivity contribution in [3.05, 3.63) is 40.3 Å². The summed E-state index contributed by atoms with van der Waals surface area (Å²) in [7, 11) is 1.24. The van der Waals surface area contributed by atoms with Crippen molar-refractivity contribution in [3.63, 3.8) is 0 Å². The first-order valence-corrected chi connectivity index (χ1v) is 6.41. The van der Waals surface area contributed by atoms with Crippen molar-refractivity contribution in [1.29, 1.82) is 0 Å². The third-order valence-corrected chi connectivity index (χ3v) is 2.92. The Morgan fingerprint density at radius 2 is 2.10 bits per heavy atom. The molecule has 7 heteroatoms. The van der Waals surface area contributed by atoms with E-state index in [1.807, 2.05) is 6.07 Å². The highest BCUT2D eigenvalue weighted by Crippen LogP contribution is 2.06. The topological polar surface area (TPSA) is 101 Å². The van der Waals surface area contributed by atoms with Crippen LogP contribution in [-0.2, 0) is 20.7 Å². The Labute approximate surface area is 120 Å². The molecular formula is C14H15N3O4. The smallest absolute Gasteiger partial charge is 0.325 e. The molecule has 1 aromatic carbocycles. The molecule has 0 saturated heterocycles. The molecule has 2 N–H and O–H groups in total. The molecule has 0 spiro atoms. The molecular weight excluding hydrogens is 274 g/mol. The Hall–Kier alpha value is -2.70. The molecule has 2 aromatic rings. The molecule has 1 aromatic heterocycles. The second-order valence-electron chi connectivity index (χ2n) is 4.38. The molecule has 0 atom stereocenters. The summed E-state index contributed by atoms with van der Waals surface area (Å²) < 4.78 is 4.41. The molecule has 1 heterocycles. The number of nitrogens with one attached hydrogen (secondary N) is 2. The number of aromatic nitrogens is 2. The number of methoxy groups -OCH3 is 1. The number of rotatable bonds is 5. The van der Waals surface area contributed by atoms with Gasteiger partial charge in [0, 0.05) is 12.8 Å². The summed E-state index contributed by atoms with van der Waals surface area (Å²) >= 11 is 0. The van der Waals surface area contributed by atoms with Gasteiger partial charge in [-0.1, -0.05) is 12.1 Å². The monoisotopic (exact) mass is 289 g/mol. The third kappa shape index (κ3) is 3.88. The molecule has 0 radical (unpaired) electrons. The van der Waals surface area contributed by atoms with Crippen LogP contribution in [0.4, 0.5) is 0 Å². The number of hydrogen-bond acceptors (Lipinski definition) is 5. The Bertz CT molecular complexity index is 723. The van der Waals surface area contributed by atoms with E-state index in [2.05, 4.69) is 20.0 Å². The van der Waals surface area contributed by atoms with Crippen molar-refractivity contribution in [2.75, 3.05) is 13.7 Å². The fourth-order valence-corrected chi connectivity index (χ4v) is 1.80. The molecule has 0 aliphatic heterocycles. The molecule has 7 nitrogen and oxygen atoms in total. The minimum Gasteiger partial charge on any atom is -0.468 e. The highest BCUT2D eigenvalue weighted by atomic mass is 16.5. The van der Waals surface area contributed by atoms with Crippen LogP contribution in [0.15, 0.2) is 29.1 Å². The van der Waals surface area contributed by atoms with E-state index in [1.54, 1.807) is 18.2 Å². The predicted molar refractivity (Wildman–Crippen MR) is 75.7 cm³/mol. The standard InChI is InChI=1S/C14H15N3O4/c1-21-13(19)8-15-12(18)7-6-11-14(20)17-10-5-3-2-4-9(10)16-11/h2-5H,6-8H2,1H3,(H,15,18)(H,17,20). The van der Waals surface area contributed by atoms with Gasteiger partial charge in [0.2, 0.25) is 5.91 Å². The van der Waals surface area contributed by atoms with Gasteiger partial charge in [-0.25, -0.2) is 4.98 Å². The summed E-state index contributed by atoms with van der Waals surface area (Å²) in [6, 6.07) is 7.17. The number of nitrogens with zero attached hydrogens (tertiary/aromatic N) is 1. The first-order chi connectivity index (χ1) is 10.1. The molecule has 2 rings (SSSR count). The van der Waals surface area contributed by atoms with E-state index in [-0.39, 0.29) is 30.9 Å². The minimum atomic E-state index is -0.523. The zero-order valence-electron chi connectivity index (χ0n) is 11.5. The van der Waals surface area contributed by atoms with Gasteiger partial charge >= 0.3 is 5.97 Å². The van der Waals surface area contributed by atoms with Crippen LogP contribution in [0.2, 0.25) is 0 Å². The molecule has 0 saturated carbocycles. The molecule has 21 heavy (non-hydrogen) atoms. The zero-order valence-corrected chi connectivity index (χ0v) is 11.5. The second-order valence-corrected chi connectivity index (χ2v) is 4.38. The maximum atomic E-state index is 11.8. The maximum Gasteiger partial charge on any atom is 0.325 e. The first kappa shape index (κ1) is 14.7. The number of fused-ring (bicyclic) bond motifs is 1. The number of aryl methyl sites for hydroxylation is 1. The van der Waals surface area contributed by atoms with Gasteiger partial charge in [-0.2, -0.15) is 0 Å². The average molecular weight is 289 g/mol. The summed E-state index contributed by atoms with van der Waals surface area (Å²) in [5.41, 5.74) is 1.31. The van der Waals surface area contributed by atoms with E-state index >= 15 is 0 Å². The Balaban J connectivity index is 2.00. The highest BCUT2D eigenvalue weighted by molar-refractivity contribution is 5.82. The number of H-pyrrole nitrogens is 1. The van der Waals surface area contributed by atoms with Gasteiger partial charge in [-0.3, -0.25) is 14.4 Å². The van der Waals surface area contributed by atoms with E-state index in [0.29, 0.717) is 16.7 Å². The van der Waals surface area contributed by atoms with Crippen LogP contribution in [-0.4, -0.2) is 35.5 Å². The summed E-state index contributed by atoms with van der Waals surface area (Å²) in [6.45, 7) is -0.184. The van der Waals surface area contributed by atoms with Crippen LogP contribution in [0.25, 0.3) is 11.0 Å². The van der Waals surface area contributed by atoms with Gasteiger partial charge < -0.3 is 15.0 Å². The van der Waals surface area contributed by atoms with E-state index in [4.69, 9.17) is 0 Å². The summed E-state index contributed by atoms with van der Waals surface area (Å²) in [6.07, 6.45) is 0.276. The maximum absolute atomic E-state index is 11.8. The molecule has 0 aliphatic rings. The lowest BCUT2D eigenvalue weighted by Crippen LogP contribution is -2.30. The van der Waals surface area contributed by atoms with Crippen LogP contribution in [0.3, 0.4) is 0 Å². The lowest BCUT2D eigenvalue weighted by Gasteiger charge is -2.04. The van der Waals surface area contributed by atoms with Gasteiger partial charge in [-0.15, -0.1) is 0 Å². The fourth-order valence-electron chi connectivity index (χ4n) is 1.80. The van der Waals surface area contributed by atoms with Gasteiger partial charge in [0.05, 0.1) is 18.1 Å². The van der Waals surface area contributed by atoms with Crippen molar-refractivity contribution in [2.24, 2.45) is 0 Å². The van der Waals surface area contributed by atoms with E-state index < -0.39 is 5.97 Å². The summed E-state index contributed by atoms with van der Waals surface area (Å²) in [5, 5.41) is 2.41. The van der Waals surface area contributed by atoms with Gasteiger partial charge in [0.25, 0.3) is 5.56 Å². The summed E-state index contributed by atoms with van der Waals surface area (Å²) in [4.78, 5) is 41.2. The van der Waals surface area contributed by atoms with Crippen LogP contribution < -0.4 is 10.9 Å². The van der Waals surface area contributed by atoms with Crippen LogP contribution in [0, 0.1) is 0 Å². The molecule has 0 unspecified atom stereocenters. The van der Waals surface area contributed by atoms with E-state index in [9.17, 15) is 14.4 Å². The normalized spacial score (nSPS) is 10.3. The summed E-state index contributed by atoms with van der Waals surface area (Å²) in [5.74, 6) is -0.861. The van der Waals surface area contributed by atoms with Crippen LogP contribution in [0.5, 0.6) is 0 Å². The lowest BCUT2D eigenvalue weighted by atomic mass is 10.2.